The van der Waals surface area contributed by atoms with Gasteiger partial charge in [0.15, 0.2) is 0 Å². The highest BCUT2D eigenvalue weighted by molar-refractivity contribution is 6.11. The van der Waals surface area contributed by atoms with E-state index in [1.807, 2.05) is 43.8 Å². The van der Waals surface area contributed by atoms with Crippen molar-refractivity contribution in [3.8, 4) is 16.9 Å². The second kappa shape index (κ2) is 12.6. The molecule has 0 unspecified atom stereocenters. The van der Waals surface area contributed by atoms with Crippen molar-refractivity contribution in [3.05, 3.63) is 89.0 Å². The summed E-state index contributed by atoms with van der Waals surface area (Å²) in [4.78, 5) is 33.7. The van der Waals surface area contributed by atoms with Gasteiger partial charge in [-0.1, -0.05) is 12.1 Å². The highest BCUT2D eigenvalue weighted by Gasteiger charge is 2.40. The van der Waals surface area contributed by atoms with Gasteiger partial charge in [-0.25, -0.2) is 13.8 Å². The van der Waals surface area contributed by atoms with E-state index in [4.69, 9.17) is 14.5 Å². The van der Waals surface area contributed by atoms with Gasteiger partial charge in [-0.05, 0) is 68.9 Å². The van der Waals surface area contributed by atoms with Gasteiger partial charge in [0, 0.05) is 62.2 Å². The average Bonchev–Trinajstić information content (AvgIpc) is 3.65. The predicted molar refractivity (Wildman–Crippen MR) is 192 cm³/mol. The molecule has 3 fully saturated rings. The molecule has 4 aliphatic rings. The van der Waals surface area contributed by atoms with E-state index in [-0.39, 0.29) is 16.8 Å². The third-order valence-corrected chi connectivity index (χ3v) is 10.9. The predicted octanol–water partition coefficient (Wildman–Crippen LogP) is 6.11. The molecule has 264 valence electrons. The monoisotopic (exact) mass is 694 g/mol. The molecule has 2 aromatic carbocycles. The number of halogens is 2. The van der Waals surface area contributed by atoms with Crippen molar-refractivity contribution in [2.45, 2.75) is 50.7 Å². The number of nitrogens with zero attached hydrogens (tertiary/aromatic N) is 4. The number of imidazole rings is 1. The maximum atomic E-state index is 15.4. The molecule has 6 heterocycles. The summed E-state index contributed by atoms with van der Waals surface area (Å²) in [6.07, 6.45) is 9.72. The number of carbonyl (C=O) groups is 2. The molecular weight excluding hydrogens is 654 g/mol. The van der Waals surface area contributed by atoms with E-state index in [9.17, 15) is 9.59 Å². The Hall–Kier alpha value is -5.07. The molecule has 0 spiro atoms. The van der Waals surface area contributed by atoms with Crippen LogP contribution in [0.2, 0.25) is 0 Å². The maximum Gasteiger partial charge on any atom is 0.248 e. The number of amides is 1. The minimum atomic E-state index is -1.04. The fourth-order valence-corrected chi connectivity index (χ4v) is 8.04. The van der Waals surface area contributed by atoms with Gasteiger partial charge in [0.1, 0.15) is 34.4 Å². The normalized spacial score (nSPS) is 19.8. The summed E-state index contributed by atoms with van der Waals surface area (Å²) in [5.41, 5.74) is 5.58. The van der Waals surface area contributed by atoms with E-state index in [0.717, 1.165) is 82.6 Å². The van der Waals surface area contributed by atoms with Crippen LogP contribution in [-0.2, 0) is 23.0 Å². The lowest BCUT2D eigenvalue weighted by Crippen LogP contribution is -2.57. The Kier molecular flexibility index (Phi) is 8.18. The molecule has 3 aliphatic heterocycles. The zero-order valence-electron chi connectivity index (χ0n) is 29.1. The lowest BCUT2D eigenvalue weighted by Gasteiger charge is -2.46. The largest absolute Gasteiger partial charge is 0.496 e. The summed E-state index contributed by atoms with van der Waals surface area (Å²) in [6.45, 7) is 3.67. The number of likely N-dealkylation sites (N-methyl/N-ethyl adjacent to an activating group) is 1. The summed E-state index contributed by atoms with van der Waals surface area (Å²) >= 11 is 0. The lowest BCUT2D eigenvalue weighted by molar-refractivity contribution is -0.112. The quantitative estimate of drug-likeness (QED) is 0.149. The zero-order chi connectivity index (χ0) is 35.6. The number of anilines is 2. The molecule has 0 radical (unpaired) electrons. The highest BCUT2D eigenvalue weighted by atomic mass is 19.1. The lowest BCUT2D eigenvalue weighted by atomic mass is 9.78. The Morgan fingerprint density at radius 3 is 2.61 bits per heavy atom. The first-order valence-corrected chi connectivity index (χ1v) is 17.3. The van der Waals surface area contributed by atoms with Crippen LogP contribution in [0.15, 0.2) is 54.7 Å². The van der Waals surface area contributed by atoms with E-state index < -0.39 is 29.0 Å². The van der Waals surface area contributed by atoms with Crippen molar-refractivity contribution in [1.29, 1.82) is 0 Å². The molecule has 5 aromatic rings. The molecule has 2 saturated heterocycles. The summed E-state index contributed by atoms with van der Waals surface area (Å²) in [5, 5.41) is 5.76. The van der Waals surface area contributed by atoms with Crippen LogP contribution < -0.4 is 20.3 Å². The highest BCUT2D eigenvalue weighted by Crippen LogP contribution is 2.47. The van der Waals surface area contributed by atoms with Crippen molar-refractivity contribution < 1.29 is 27.8 Å². The minimum absolute atomic E-state index is 0.0841. The number of ketones is 1. The van der Waals surface area contributed by atoms with Crippen LogP contribution >= 0.6 is 0 Å². The third-order valence-electron chi connectivity index (χ3n) is 10.9. The Balaban J connectivity index is 1.08. The van der Waals surface area contributed by atoms with Crippen molar-refractivity contribution in [3.63, 3.8) is 0 Å². The van der Waals surface area contributed by atoms with Crippen molar-refractivity contribution in [1.82, 2.24) is 19.3 Å². The Bertz CT molecular complexity index is 2230. The average molecular weight is 695 g/mol. The third kappa shape index (κ3) is 5.57. The van der Waals surface area contributed by atoms with Crippen molar-refractivity contribution >= 4 is 39.6 Å². The fourth-order valence-electron chi connectivity index (χ4n) is 8.04. The van der Waals surface area contributed by atoms with Gasteiger partial charge >= 0.3 is 0 Å². The summed E-state index contributed by atoms with van der Waals surface area (Å²) in [7, 11) is 5.63. The molecule has 1 amide bonds. The number of benzene rings is 2. The first-order valence-electron chi connectivity index (χ1n) is 17.3. The summed E-state index contributed by atoms with van der Waals surface area (Å²) < 4.78 is 46.4. The molecular formula is C39H40F2N6O4. The zero-order valence-corrected chi connectivity index (χ0v) is 29.1. The number of rotatable bonds is 8. The van der Waals surface area contributed by atoms with Gasteiger partial charge in [0.05, 0.1) is 47.8 Å². The number of aromatic nitrogens is 3. The minimum Gasteiger partial charge on any atom is -0.496 e. The topological polar surface area (TPSA) is 102 Å². The molecule has 3 aromatic heterocycles. The molecule has 0 atom stereocenters. The van der Waals surface area contributed by atoms with E-state index in [2.05, 4.69) is 15.5 Å². The van der Waals surface area contributed by atoms with E-state index in [1.165, 1.54) is 6.08 Å². The van der Waals surface area contributed by atoms with Gasteiger partial charge in [-0.15, -0.1) is 0 Å². The maximum absolute atomic E-state index is 15.4. The van der Waals surface area contributed by atoms with Crippen LogP contribution in [0.25, 0.3) is 27.7 Å². The number of carbonyl (C=O) groups excluding carboxylic acids is 2. The van der Waals surface area contributed by atoms with Crippen LogP contribution in [0.4, 0.5) is 20.2 Å². The van der Waals surface area contributed by atoms with Gasteiger partial charge in [0.2, 0.25) is 11.7 Å². The Morgan fingerprint density at radius 1 is 1.14 bits per heavy atom. The molecule has 2 bridgehead atoms. The number of aryl methyl sites for hydroxylation is 2. The number of ether oxygens (including phenoxy) is 2. The molecule has 10 nitrogen and oxygen atoms in total. The number of pyridine rings is 1. The smallest absolute Gasteiger partial charge is 0.248 e. The van der Waals surface area contributed by atoms with Crippen LogP contribution in [-0.4, -0.2) is 71.1 Å². The van der Waals surface area contributed by atoms with Crippen molar-refractivity contribution in [2.24, 2.45) is 7.05 Å². The second-order valence-electron chi connectivity index (χ2n) is 14.0. The number of hydrogen-bond acceptors (Lipinski definition) is 7. The second-order valence-corrected chi connectivity index (χ2v) is 14.0. The van der Waals surface area contributed by atoms with E-state index in [1.54, 1.807) is 29.8 Å². The SMILES string of the molecule is COc1cc2c(nc(C)n2C)c2c1-c1cccn3c(C(=O)c4cc(F)c(NC(=O)/C=C/CNC56CCC(CC5)OC6)c(F)c4)cc(c13)CCN2C. The van der Waals surface area contributed by atoms with Crippen LogP contribution in [0, 0.1) is 18.6 Å². The molecule has 1 saturated carbocycles. The van der Waals surface area contributed by atoms with Gasteiger partial charge in [-0.2, -0.15) is 0 Å². The summed E-state index contributed by atoms with van der Waals surface area (Å²) in [5.74, 6) is -1.76. The van der Waals surface area contributed by atoms with Crippen LogP contribution in [0.5, 0.6) is 5.75 Å². The van der Waals surface area contributed by atoms with E-state index >= 15 is 8.78 Å². The first-order chi connectivity index (χ1) is 24.6. The van der Waals surface area contributed by atoms with Gasteiger partial charge in [0.25, 0.3) is 0 Å². The molecule has 51 heavy (non-hydrogen) atoms. The van der Waals surface area contributed by atoms with Crippen LogP contribution in [0.1, 0.15) is 53.1 Å². The number of fused-ring (bicyclic) bond motifs is 7. The standard InChI is InChI=1S/C39H40F2N6O4/c1-22-43-35-29(46(22)3)20-31(50-4)33-26-7-6-15-47-30(19-23(36(26)47)11-16-45(2)37(33)35)38(49)24-17-27(40)34(28(41)18-24)44-32(48)8-5-14-42-39-12-9-25(10-13-39)51-21-39/h5-8,15,17-20,25,42H,9-14,16,21H2,1-4H3,(H,44,48)/b8-5+. The Labute approximate surface area is 294 Å². The number of methoxy groups -OCH3 is 1. The summed E-state index contributed by atoms with van der Waals surface area (Å²) in [6, 6.07) is 9.56. The van der Waals surface area contributed by atoms with E-state index in [0.29, 0.717) is 38.0 Å². The van der Waals surface area contributed by atoms with Crippen molar-refractivity contribution in [2.75, 3.05) is 44.1 Å². The molecule has 12 heteroatoms. The van der Waals surface area contributed by atoms with Gasteiger partial charge < -0.3 is 34.0 Å². The molecule has 2 N–H and O–H groups in total. The number of nitrogens with one attached hydrogen (secondary N) is 2. The Morgan fingerprint density at radius 2 is 1.90 bits per heavy atom. The molecule has 1 aliphatic carbocycles. The molecule has 9 rings (SSSR count). The van der Waals surface area contributed by atoms with Crippen LogP contribution in [0.3, 0.4) is 0 Å². The first kappa shape index (κ1) is 33.1. The van der Waals surface area contributed by atoms with Gasteiger partial charge in [-0.3, -0.25) is 9.59 Å². The fraction of sp³-hybridized carbons (Fsp3) is 0.359. The number of hydrogen-bond donors (Lipinski definition) is 2.